The average Bonchev–Trinajstić information content (AvgIpc) is 2.03. The fraction of sp³-hybridized carbons (Fsp3) is 0.111. The quantitative estimate of drug-likeness (QED) is 0.459. The van der Waals surface area contributed by atoms with Gasteiger partial charge in [-0.15, -0.1) is 0 Å². The van der Waals surface area contributed by atoms with Crippen molar-refractivity contribution in [3.8, 4) is 11.8 Å². The molecule has 0 heterocycles. The Balaban J connectivity index is 2.88. The molecule has 0 unspecified atom stereocenters. The number of hydrogen-bond donors (Lipinski definition) is 0. The van der Waals surface area contributed by atoms with E-state index in [1.54, 1.807) is 0 Å². The van der Waals surface area contributed by atoms with Crippen LogP contribution < -0.4 is 4.74 Å². The first-order valence-electron chi connectivity index (χ1n) is 3.32. The number of hydrogen-bond acceptors (Lipinski definition) is 3. The third-order valence-electron chi connectivity index (χ3n) is 1.15. The Morgan fingerprint density at radius 3 is 3.00 bits per heavy atom. The van der Waals surface area contributed by atoms with Gasteiger partial charge in [-0.3, -0.25) is 4.79 Å². The van der Waals surface area contributed by atoms with Crippen LogP contribution in [0.15, 0.2) is 18.2 Å². The van der Waals surface area contributed by atoms with Gasteiger partial charge in [0.15, 0.2) is 0 Å². The van der Waals surface area contributed by atoms with E-state index < -0.39 is 5.97 Å². The first kappa shape index (κ1) is 8.28. The molecule has 1 aromatic rings. The molecule has 3 nitrogen and oxygen atoms in total. The fourth-order valence-corrected chi connectivity index (χ4v) is 0.740. The predicted octanol–water partition coefficient (Wildman–Crippen LogP) is 1.28. The van der Waals surface area contributed by atoms with E-state index in [1.807, 2.05) is 6.07 Å². The molecule has 0 bridgehead atoms. The largest absolute Gasteiger partial charge is 0.427 e. The van der Waals surface area contributed by atoms with Crippen molar-refractivity contribution in [2.24, 2.45) is 0 Å². The van der Waals surface area contributed by atoms with Gasteiger partial charge in [-0.05, 0) is 24.3 Å². The van der Waals surface area contributed by atoms with Crippen LogP contribution >= 0.6 is 0 Å². The van der Waals surface area contributed by atoms with Gasteiger partial charge >= 0.3 is 5.97 Å². The molecule has 0 atom stereocenters. The smallest absolute Gasteiger partial charge is 0.308 e. The van der Waals surface area contributed by atoms with Crippen molar-refractivity contribution in [2.45, 2.75) is 6.92 Å². The van der Waals surface area contributed by atoms with Gasteiger partial charge in [-0.1, -0.05) is 0 Å². The van der Waals surface area contributed by atoms with E-state index in [0.29, 0.717) is 11.3 Å². The first-order chi connectivity index (χ1) is 5.72. The van der Waals surface area contributed by atoms with Crippen LogP contribution in [-0.2, 0) is 4.79 Å². The first-order valence-corrected chi connectivity index (χ1v) is 3.32. The highest BCUT2D eigenvalue weighted by Gasteiger charge is 1.98. The highest BCUT2D eigenvalue weighted by molar-refractivity contribution is 5.69. The minimum absolute atomic E-state index is 0.349. The zero-order valence-corrected chi connectivity index (χ0v) is 6.50. The van der Waals surface area contributed by atoms with E-state index in [9.17, 15) is 4.79 Å². The van der Waals surface area contributed by atoms with E-state index >= 15 is 0 Å². The number of ether oxygens (including phenoxy) is 1. The molecule has 0 N–H and O–H groups in total. The molecular weight excluding hydrogens is 154 g/mol. The molecular formula is C9H6NO2. The monoisotopic (exact) mass is 160 g/mol. The Kier molecular flexibility index (Phi) is 2.44. The molecule has 0 aromatic heterocycles. The third-order valence-corrected chi connectivity index (χ3v) is 1.15. The molecule has 12 heavy (non-hydrogen) atoms. The van der Waals surface area contributed by atoms with Crippen molar-refractivity contribution in [3.05, 3.63) is 29.8 Å². The van der Waals surface area contributed by atoms with E-state index in [-0.39, 0.29) is 0 Å². The van der Waals surface area contributed by atoms with Gasteiger partial charge in [-0.25, -0.2) is 0 Å². The summed E-state index contributed by atoms with van der Waals surface area (Å²) in [5, 5.41) is 8.49. The molecule has 0 fully saturated rings. The summed E-state index contributed by atoms with van der Waals surface area (Å²) in [5.74, 6) is -0.0555. The average molecular weight is 160 g/mol. The Labute approximate surface area is 70.2 Å². The highest BCUT2D eigenvalue weighted by Crippen LogP contribution is 2.11. The van der Waals surface area contributed by atoms with Crippen LogP contribution in [0, 0.1) is 17.4 Å². The lowest BCUT2D eigenvalue weighted by Crippen LogP contribution is -2.01. The molecule has 1 aromatic carbocycles. The van der Waals surface area contributed by atoms with Crippen LogP contribution in [-0.4, -0.2) is 5.97 Å². The minimum atomic E-state index is -0.404. The van der Waals surface area contributed by atoms with E-state index in [0.717, 1.165) is 0 Å². The topological polar surface area (TPSA) is 50.1 Å². The third kappa shape index (κ3) is 2.10. The molecule has 0 aliphatic heterocycles. The summed E-state index contributed by atoms with van der Waals surface area (Å²) in [6.07, 6.45) is 0. The van der Waals surface area contributed by atoms with Gasteiger partial charge < -0.3 is 4.74 Å². The maximum atomic E-state index is 10.5. The highest BCUT2D eigenvalue weighted by atomic mass is 16.5. The lowest BCUT2D eigenvalue weighted by Gasteiger charge is -1.98. The van der Waals surface area contributed by atoms with Gasteiger partial charge in [0.05, 0.1) is 11.6 Å². The number of rotatable bonds is 1. The summed E-state index contributed by atoms with van der Waals surface area (Å²) in [4.78, 5) is 10.5. The molecule has 0 aliphatic rings. The second kappa shape index (κ2) is 3.54. The Morgan fingerprint density at radius 2 is 2.42 bits per heavy atom. The second-order valence-electron chi connectivity index (χ2n) is 2.16. The summed E-state index contributed by atoms with van der Waals surface area (Å²) in [6, 6.07) is 9.11. The zero-order chi connectivity index (χ0) is 8.97. The molecule has 0 saturated heterocycles. The van der Waals surface area contributed by atoms with Crippen molar-refractivity contribution in [2.75, 3.05) is 0 Å². The van der Waals surface area contributed by atoms with Crippen LogP contribution in [0.3, 0.4) is 0 Å². The van der Waals surface area contributed by atoms with Gasteiger partial charge in [0, 0.05) is 6.92 Å². The summed E-state index contributed by atoms with van der Waals surface area (Å²) in [7, 11) is 0. The van der Waals surface area contributed by atoms with Crippen molar-refractivity contribution >= 4 is 5.97 Å². The van der Waals surface area contributed by atoms with Crippen molar-refractivity contribution in [1.29, 1.82) is 5.26 Å². The SMILES string of the molecule is CC(=O)Oc1c[c]cc(C#N)c1. The molecule has 0 saturated carbocycles. The maximum Gasteiger partial charge on any atom is 0.308 e. The van der Waals surface area contributed by atoms with Gasteiger partial charge in [-0.2, -0.15) is 5.26 Å². The van der Waals surface area contributed by atoms with Crippen molar-refractivity contribution in [3.63, 3.8) is 0 Å². The second-order valence-corrected chi connectivity index (χ2v) is 2.16. The normalized spacial score (nSPS) is 8.67. The number of benzene rings is 1. The minimum Gasteiger partial charge on any atom is -0.427 e. The molecule has 1 radical (unpaired) electrons. The van der Waals surface area contributed by atoms with Gasteiger partial charge in [0.25, 0.3) is 0 Å². The summed E-state index contributed by atoms with van der Waals surface area (Å²) in [6.45, 7) is 1.30. The molecule has 0 aliphatic carbocycles. The van der Waals surface area contributed by atoms with Crippen LogP contribution in [0.2, 0.25) is 0 Å². The predicted molar refractivity (Wildman–Crippen MR) is 41.3 cm³/mol. The number of carbonyl (C=O) groups excluding carboxylic acids is 1. The molecule has 0 spiro atoms. The van der Waals surface area contributed by atoms with Gasteiger partial charge in [0.2, 0.25) is 0 Å². The van der Waals surface area contributed by atoms with Crippen LogP contribution in [0.25, 0.3) is 0 Å². The lowest BCUT2D eigenvalue weighted by atomic mass is 10.2. The summed E-state index contributed by atoms with van der Waals surface area (Å²) in [5.41, 5.74) is 0.425. The van der Waals surface area contributed by atoms with Crippen molar-refractivity contribution in [1.82, 2.24) is 0 Å². The Morgan fingerprint density at radius 1 is 1.67 bits per heavy atom. The number of nitriles is 1. The van der Waals surface area contributed by atoms with Crippen LogP contribution in [0.1, 0.15) is 12.5 Å². The standard InChI is InChI=1S/C9H6NO2/c1-7(11)12-9-4-2-3-8(5-9)6-10/h3-5H,1H3. The van der Waals surface area contributed by atoms with Gasteiger partial charge in [0.1, 0.15) is 5.75 Å². The molecule has 3 heteroatoms. The van der Waals surface area contributed by atoms with Crippen LogP contribution in [0.4, 0.5) is 0 Å². The molecule has 1 rings (SSSR count). The molecule has 0 amide bonds. The number of nitrogens with zero attached hydrogens (tertiary/aromatic N) is 1. The number of carbonyl (C=O) groups is 1. The van der Waals surface area contributed by atoms with E-state index in [4.69, 9.17) is 10.00 Å². The van der Waals surface area contributed by atoms with E-state index in [1.165, 1.54) is 25.1 Å². The Bertz CT molecular complexity index is 339. The van der Waals surface area contributed by atoms with E-state index in [2.05, 4.69) is 6.07 Å². The number of esters is 1. The fourth-order valence-electron chi connectivity index (χ4n) is 0.740. The summed E-state index contributed by atoms with van der Waals surface area (Å²) >= 11 is 0. The zero-order valence-electron chi connectivity index (χ0n) is 6.50. The lowest BCUT2D eigenvalue weighted by molar-refractivity contribution is -0.131. The molecule has 59 valence electrons. The van der Waals surface area contributed by atoms with Crippen LogP contribution in [0.5, 0.6) is 5.75 Å². The van der Waals surface area contributed by atoms with Crippen molar-refractivity contribution < 1.29 is 9.53 Å². The maximum absolute atomic E-state index is 10.5. The Hall–Kier alpha value is -1.82. The summed E-state index contributed by atoms with van der Waals surface area (Å²) < 4.78 is 4.74.